The summed E-state index contributed by atoms with van der Waals surface area (Å²) in [7, 11) is 0. The predicted octanol–water partition coefficient (Wildman–Crippen LogP) is 5.27. The average molecular weight is 554 g/mol. The van der Waals surface area contributed by atoms with E-state index >= 15 is 0 Å². The van der Waals surface area contributed by atoms with Crippen molar-refractivity contribution in [2.24, 2.45) is 5.92 Å². The summed E-state index contributed by atoms with van der Waals surface area (Å²) in [4.78, 5) is 48.4. The third kappa shape index (κ3) is 13.3. The molecule has 3 unspecified atom stereocenters. The van der Waals surface area contributed by atoms with Crippen LogP contribution >= 0.6 is 0 Å². The zero-order chi connectivity index (χ0) is 29.5. The Hall–Kier alpha value is -3.34. The van der Waals surface area contributed by atoms with Gasteiger partial charge in [0.25, 0.3) is 0 Å². The summed E-state index contributed by atoms with van der Waals surface area (Å²) in [5, 5.41) is 12.6. The van der Waals surface area contributed by atoms with Crippen LogP contribution in [-0.2, 0) is 30.2 Å². The molecule has 0 aliphatic heterocycles. The third-order valence-electron chi connectivity index (χ3n) is 5.56. The number of aliphatic carboxylic acids is 1. The molecule has 1 aromatic carbocycles. The van der Waals surface area contributed by atoms with E-state index in [9.17, 15) is 24.3 Å². The highest BCUT2D eigenvalue weighted by atomic mass is 16.7. The van der Waals surface area contributed by atoms with Crippen molar-refractivity contribution in [1.82, 2.24) is 5.32 Å². The van der Waals surface area contributed by atoms with E-state index in [-0.39, 0.29) is 48.6 Å². The topological polar surface area (TPSA) is 147 Å². The van der Waals surface area contributed by atoms with Crippen LogP contribution in [-0.4, -0.2) is 60.3 Å². The molecule has 0 aliphatic carbocycles. The number of hydrogen-bond donors (Lipinski definition) is 2. The van der Waals surface area contributed by atoms with Gasteiger partial charge < -0.3 is 34.1 Å². The zero-order valence-corrected chi connectivity index (χ0v) is 24.0. The molecule has 0 radical (unpaired) electrons. The Bertz CT molecular complexity index is 948. The molecule has 4 atom stereocenters. The molecule has 0 amide bonds. The Labute approximate surface area is 230 Å². The van der Waals surface area contributed by atoms with Crippen LogP contribution < -0.4 is 14.8 Å². The van der Waals surface area contributed by atoms with E-state index in [1.807, 2.05) is 13.8 Å². The van der Waals surface area contributed by atoms with Gasteiger partial charge in [0.05, 0.1) is 5.92 Å². The minimum atomic E-state index is -1.12. The fourth-order valence-electron chi connectivity index (χ4n) is 3.50. The molecule has 0 fully saturated rings. The monoisotopic (exact) mass is 553 g/mol. The molecule has 1 aromatic rings. The van der Waals surface area contributed by atoms with Crippen molar-refractivity contribution in [3.8, 4) is 11.5 Å². The van der Waals surface area contributed by atoms with Crippen LogP contribution in [0.5, 0.6) is 11.5 Å². The van der Waals surface area contributed by atoms with Gasteiger partial charge in [0, 0.05) is 6.54 Å². The molecule has 11 heteroatoms. The number of ether oxygens (including phenoxy) is 5. The van der Waals surface area contributed by atoms with Crippen LogP contribution in [0.15, 0.2) is 18.2 Å². The van der Waals surface area contributed by atoms with Crippen molar-refractivity contribution in [2.45, 2.75) is 105 Å². The number of rotatable bonds is 16. The Morgan fingerprint density at radius 3 is 1.82 bits per heavy atom. The van der Waals surface area contributed by atoms with Crippen LogP contribution in [0.1, 0.15) is 79.7 Å². The first-order valence-electron chi connectivity index (χ1n) is 13.4. The standard InChI is InChI=1S/C28H43NO10/c1-8-10-18(5)36-27(33)38-23-13-12-21(15-24(23)39-28(34)37-19(6)11-9-2)14-22(25(30)31)29-16-20(7)35-26(32)17(3)4/h12-13,15,17-20,22,29H,8-11,14,16H2,1-7H3,(H,30,31)/t18?,19?,20?,22-/m0/s1. The molecule has 0 saturated carbocycles. The highest BCUT2D eigenvalue weighted by molar-refractivity contribution is 5.74. The van der Waals surface area contributed by atoms with Gasteiger partial charge in [-0.2, -0.15) is 0 Å². The van der Waals surface area contributed by atoms with Crippen LogP contribution in [0.3, 0.4) is 0 Å². The van der Waals surface area contributed by atoms with Gasteiger partial charge in [-0.3, -0.25) is 9.59 Å². The lowest BCUT2D eigenvalue weighted by molar-refractivity contribution is -0.151. The zero-order valence-electron chi connectivity index (χ0n) is 24.0. The highest BCUT2D eigenvalue weighted by Crippen LogP contribution is 2.30. The van der Waals surface area contributed by atoms with Crippen molar-refractivity contribution in [3.63, 3.8) is 0 Å². The summed E-state index contributed by atoms with van der Waals surface area (Å²) >= 11 is 0. The van der Waals surface area contributed by atoms with Gasteiger partial charge in [0.15, 0.2) is 11.5 Å². The maximum atomic E-state index is 12.4. The molecule has 1 rings (SSSR count). The molecular weight excluding hydrogens is 510 g/mol. The van der Waals surface area contributed by atoms with Gasteiger partial charge in [0.1, 0.15) is 24.4 Å². The fourth-order valence-corrected chi connectivity index (χ4v) is 3.50. The molecular formula is C28H43NO10. The quantitative estimate of drug-likeness (QED) is 0.157. The van der Waals surface area contributed by atoms with Crippen LogP contribution in [0.25, 0.3) is 0 Å². The van der Waals surface area contributed by atoms with Gasteiger partial charge >= 0.3 is 24.2 Å². The van der Waals surface area contributed by atoms with Crippen LogP contribution in [0.4, 0.5) is 9.59 Å². The first kappa shape index (κ1) is 33.7. The molecule has 0 heterocycles. The van der Waals surface area contributed by atoms with Crippen LogP contribution in [0.2, 0.25) is 0 Å². The Morgan fingerprint density at radius 1 is 0.795 bits per heavy atom. The van der Waals surface area contributed by atoms with E-state index in [0.717, 1.165) is 12.8 Å². The number of carbonyl (C=O) groups excluding carboxylic acids is 3. The van der Waals surface area contributed by atoms with E-state index in [0.29, 0.717) is 18.4 Å². The molecule has 2 N–H and O–H groups in total. The smallest absolute Gasteiger partial charge is 0.480 e. The maximum Gasteiger partial charge on any atom is 0.514 e. The van der Waals surface area contributed by atoms with Crippen molar-refractivity contribution in [3.05, 3.63) is 23.8 Å². The number of benzene rings is 1. The number of carbonyl (C=O) groups is 4. The minimum absolute atomic E-state index is 0.00388. The molecule has 39 heavy (non-hydrogen) atoms. The predicted molar refractivity (Wildman–Crippen MR) is 143 cm³/mol. The van der Waals surface area contributed by atoms with Gasteiger partial charge in [0.2, 0.25) is 0 Å². The SMILES string of the molecule is CCCC(C)OC(=O)Oc1ccc(C[C@H](NCC(C)OC(=O)C(C)C)C(=O)O)cc1OC(=O)OC(C)CCC. The Balaban J connectivity index is 3.06. The molecule has 0 spiro atoms. The molecule has 0 aromatic heterocycles. The highest BCUT2D eigenvalue weighted by Gasteiger charge is 2.23. The lowest BCUT2D eigenvalue weighted by atomic mass is 10.0. The molecule has 220 valence electrons. The largest absolute Gasteiger partial charge is 0.514 e. The van der Waals surface area contributed by atoms with E-state index in [1.165, 1.54) is 12.1 Å². The van der Waals surface area contributed by atoms with Crippen molar-refractivity contribution in [2.75, 3.05) is 6.54 Å². The summed E-state index contributed by atoms with van der Waals surface area (Å²) < 4.78 is 26.4. The Kier molecular flexibility index (Phi) is 14.9. The minimum Gasteiger partial charge on any atom is -0.480 e. The third-order valence-corrected chi connectivity index (χ3v) is 5.56. The first-order chi connectivity index (χ1) is 18.4. The summed E-state index contributed by atoms with van der Waals surface area (Å²) in [6.45, 7) is 12.6. The number of carboxylic acid groups (broad SMARTS) is 1. The van der Waals surface area contributed by atoms with Gasteiger partial charge in [-0.05, 0) is 57.7 Å². The lowest BCUT2D eigenvalue weighted by Gasteiger charge is -2.20. The van der Waals surface area contributed by atoms with Crippen LogP contribution in [0, 0.1) is 5.92 Å². The van der Waals surface area contributed by atoms with Gasteiger partial charge in [-0.25, -0.2) is 9.59 Å². The first-order valence-corrected chi connectivity index (χ1v) is 13.4. The van der Waals surface area contributed by atoms with Gasteiger partial charge in [-0.1, -0.05) is 46.6 Å². The second kappa shape index (κ2) is 17.3. The van der Waals surface area contributed by atoms with Crippen molar-refractivity contribution < 1.29 is 48.0 Å². The molecule has 11 nitrogen and oxygen atoms in total. The van der Waals surface area contributed by atoms with Crippen molar-refractivity contribution in [1.29, 1.82) is 0 Å². The number of nitrogens with one attached hydrogen (secondary N) is 1. The number of carboxylic acids is 1. The number of hydrogen-bond acceptors (Lipinski definition) is 10. The molecule has 0 aliphatic rings. The second-order valence-electron chi connectivity index (χ2n) is 9.82. The average Bonchev–Trinajstić information content (AvgIpc) is 2.82. The molecule has 0 bridgehead atoms. The molecule has 0 saturated heterocycles. The van der Waals surface area contributed by atoms with E-state index in [2.05, 4.69) is 5.32 Å². The normalized spacial score (nSPS) is 14.1. The fraction of sp³-hybridized carbons (Fsp3) is 0.643. The van der Waals surface area contributed by atoms with E-state index in [4.69, 9.17) is 23.7 Å². The Morgan fingerprint density at radius 2 is 1.33 bits per heavy atom. The maximum absolute atomic E-state index is 12.4. The van der Waals surface area contributed by atoms with Gasteiger partial charge in [-0.15, -0.1) is 0 Å². The van der Waals surface area contributed by atoms with E-state index < -0.39 is 30.4 Å². The van der Waals surface area contributed by atoms with E-state index in [1.54, 1.807) is 40.7 Å². The summed E-state index contributed by atoms with van der Waals surface area (Å²) in [5.41, 5.74) is 0.478. The summed E-state index contributed by atoms with van der Waals surface area (Å²) in [5.74, 6) is -2.00. The van der Waals surface area contributed by atoms with Crippen molar-refractivity contribution >= 4 is 24.2 Å². The lowest BCUT2D eigenvalue weighted by Crippen LogP contribution is -2.43. The summed E-state index contributed by atoms with van der Waals surface area (Å²) in [6.07, 6.45) is -0.341. The summed E-state index contributed by atoms with van der Waals surface area (Å²) in [6, 6.07) is 3.31. The number of esters is 1. The second-order valence-corrected chi connectivity index (χ2v) is 9.82.